The SMILES string of the molecule is CO[Si-](C)(O)(CCCNC(=O)COP(=O)(O)OCC[N+](C)(C)C)OC. The van der Waals surface area contributed by atoms with Crippen LogP contribution in [0.1, 0.15) is 6.42 Å². The van der Waals surface area contributed by atoms with Crippen LogP contribution < -0.4 is 5.32 Å². The molecule has 25 heavy (non-hydrogen) atoms. The Kier molecular flexibility index (Phi) is 9.40. The van der Waals surface area contributed by atoms with Gasteiger partial charge in [-0.2, -0.15) is 0 Å². The van der Waals surface area contributed by atoms with Crippen molar-refractivity contribution in [2.45, 2.75) is 19.0 Å². The molecule has 10 nitrogen and oxygen atoms in total. The second-order valence-electron chi connectivity index (χ2n) is 7.15. The fourth-order valence-electron chi connectivity index (χ4n) is 1.66. The van der Waals surface area contributed by atoms with E-state index in [-0.39, 0.29) is 19.2 Å². The van der Waals surface area contributed by atoms with Crippen LogP contribution in [0.2, 0.25) is 12.6 Å². The Morgan fingerprint density at radius 2 is 1.76 bits per heavy atom. The Hall–Kier alpha value is -0.363. The summed E-state index contributed by atoms with van der Waals surface area (Å²) in [5, 5.41) is 2.52. The number of phosphoric ester groups is 1. The number of nitrogens with zero attached hydrogens (tertiary/aromatic N) is 1. The first-order valence-corrected chi connectivity index (χ1v) is 12.4. The van der Waals surface area contributed by atoms with Crippen LogP contribution in [0.3, 0.4) is 0 Å². The minimum absolute atomic E-state index is 0.0355. The second-order valence-corrected chi connectivity index (χ2v) is 13.3. The predicted molar refractivity (Wildman–Crippen MR) is 94.9 cm³/mol. The van der Waals surface area contributed by atoms with Crippen LogP contribution >= 0.6 is 7.82 Å². The van der Waals surface area contributed by atoms with Gasteiger partial charge in [0.25, 0.3) is 0 Å². The van der Waals surface area contributed by atoms with Crippen LogP contribution in [0.4, 0.5) is 0 Å². The number of carbonyl (C=O) groups is 1. The van der Waals surface area contributed by atoms with Gasteiger partial charge in [0, 0.05) is 0 Å². The number of likely N-dealkylation sites (N-methyl/N-ethyl adjacent to an activating group) is 1. The zero-order valence-electron chi connectivity index (χ0n) is 16.0. The number of hydrogen-bond acceptors (Lipinski definition) is 7. The van der Waals surface area contributed by atoms with Crippen LogP contribution in [0.25, 0.3) is 0 Å². The molecule has 0 rings (SSSR count). The Balaban J connectivity index is 4.06. The van der Waals surface area contributed by atoms with Crippen molar-refractivity contribution >= 4 is 21.8 Å². The van der Waals surface area contributed by atoms with Crippen molar-refractivity contribution < 1.29 is 41.4 Å². The monoisotopic (exact) mass is 404 g/mol. The van der Waals surface area contributed by atoms with Crippen molar-refractivity contribution in [1.29, 1.82) is 0 Å². The fourth-order valence-corrected chi connectivity index (χ4v) is 3.88. The third-order valence-corrected chi connectivity index (χ3v) is 8.21. The van der Waals surface area contributed by atoms with Crippen molar-refractivity contribution in [3.05, 3.63) is 0 Å². The quantitative estimate of drug-likeness (QED) is 0.171. The van der Waals surface area contributed by atoms with E-state index in [2.05, 4.69) is 9.84 Å². The summed E-state index contributed by atoms with van der Waals surface area (Å²) in [5.41, 5.74) is 0. The summed E-state index contributed by atoms with van der Waals surface area (Å²) in [6.07, 6.45) is 0.422. The molecular formula is C13H33N2O8PSi. The molecule has 0 saturated carbocycles. The second kappa shape index (κ2) is 9.54. The van der Waals surface area contributed by atoms with E-state index in [0.29, 0.717) is 17.4 Å². The molecule has 0 aromatic heterocycles. The minimum atomic E-state index is -4.26. The van der Waals surface area contributed by atoms with Crippen LogP contribution in [0.15, 0.2) is 0 Å². The van der Waals surface area contributed by atoms with Gasteiger partial charge in [0.2, 0.25) is 0 Å². The Bertz CT molecular complexity index is 475. The maximum atomic E-state index is 11.6. The first-order chi connectivity index (χ1) is 11.2. The summed E-state index contributed by atoms with van der Waals surface area (Å²) in [5.74, 6) is -0.559. The normalized spacial score (nSPS) is 16.7. The number of carbonyl (C=O) groups excluding carboxylic acids is 1. The molecular weight excluding hydrogens is 371 g/mol. The molecule has 0 aliphatic carbocycles. The maximum absolute atomic E-state index is 11.6. The Labute approximate surface area is 150 Å². The molecule has 3 N–H and O–H groups in total. The van der Waals surface area contributed by atoms with E-state index in [1.165, 1.54) is 20.8 Å². The molecule has 0 saturated heterocycles. The number of quaternary nitrogens is 1. The van der Waals surface area contributed by atoms with E-state index in [0.717, 1.165) is 0 Å². The van der Waals surface area contributed by atoms with Gasteiger partial charge in [-0.3, -0.25) is 0 Å². The average molecular weight is 404 g/mol. The summed E-state index contributed by atoms with van der Waals surface area (Å²) >= 11 is 0. The third kappa shape index (κ3) is 11.8. The predicted octanol–water partition coefficient (Wildman–Crippen LogP) is 0.140. The fraction of sp³-hybridized carbons (Fsp3) is 0.923. The molecule has 0 aromatic rings. The zero-order valence-corrected chi connectivity index (χ0v) is 17.9. The molecule has 152 valence electrons. The van der Waals surface area contributed by atoms with Gasteiger partial charge >= 0.3 is 128 Å². The molecule has 12 heteroatoms. The first-order valence-electron chi connectivity index (χ1n) is 7.95. The molecule has 1 atom stereocenters. The number of amides is 1. The first kappa shape index (κ1) is 24.6. The van der Waals surface area contributed by atoms with Crippen LogP contribution in [0.5, 0.6) is 0 Å². The van der Waals surface area contributed by atoms with E-state index in [4.69, 9.17) is 13.4 Å². The van der Waals surface area contributed by atoms with Gasteiger partial charge in [-0.15, -0.1) is 0 Å². The standard InChI is InChI=1S/C13H33N2O8PSi/c1-15(2,3)9-10-22-24(17,18)23-12-13(16)14-8-7-11-25(6,19,20-4)21-5/h19H,7-12H2,1-6H3,(H,14,16)(H,17,18). The van der Waals surface area contributed by atoms with E-state index in [1.54, 1.807) is 0 Å². The van der Waals surface area contributed by atoms with Gasteiger partial charge in [0.1, 0.15) is 0 Å². The number of nitrogens with one attached hydrogen (secondary N) is 1. The summed E-state index contributed by atoms with van der Waals surface area (Å²) in [6.45, 7) is 1.73. The number of hydrogen-bond donors (Lipinski definition) is 3. The van der Waals surface area contributed by atoms with Crippen molar-refractivity contribution in [1.82, 2.24) is 5.32 Å². The van der Waals surface area contributed by atoms with Gasteiger partial charge in [-0.05, 0) is 0 Å². The molecule has 0 bridgehead atoms. The van der Waals surface area contributed by atoms with Crippen molar-refractivity contribution in [2.24, 2.45) is 0 Å². The van der Waals surface area contributed by atoms with Gasteiger partial charge in [-0.25, -0.2) is 0 Å². The van der Waals surface area contributed by atoms with E-state index >= 15 is 0 Å². The van der Waals surface area contributed by atoms with Crippen molar-refractivity contribution in [3.63, 3.8) is 0 Å². The van der Waals surface area contributed by atoms with Crippen molar-refractivity contribution in [3.8, 4) is 0 Å². The van der Waals surface area contributed by atoms with E-state index in [1.807, 2.05) is 21.1 Å². The van der Waals surface area contributed by atoms with Gasteiger partial charge in [0.05, 0.1) is 21.1 Å². The Morgan fingerprint density at radius 1 is 1.20 bits per heavy atom. The van der Waals surface area contributed by atoms with E-state index in [9.17, 15) is 19.0 Å². The topological polar surface area (TPSA) is 124 Å². The molecule has 1 unspecified atom stereocenters. The molecule has 0 aliphatic rings. The molecule has 0 heterocycles. The van der Waals surface area contributed by atoms with E-state index < -0.39 is 28.4 Å². The molecule has 0 radical (unpaired) electrons. The van der Waals surface area contributed by atoms with Crippen molar-refractivity contribution in [2.75, 3.05) is 61.7 Å². The number of rotatable bonds is 13. The Morgan fingerprint density at radius 3 is 2.24 bits per heavy atom. The van der Waals surface area contributed by atoms with Crippen LogP contribution in [-0.4, -0.2) is 89.8 Å². The summed E-state index contributed by atoms with van der Waals surface area (Å²) < 4.78 is 31.9. The zero-order chi connectivity index (χ0) is 19.8. The summed E-state index contributed by atoms with van der Waals surface area (Å²) in [7, 11) is 0.374. The van der Waals surface area contributed by atoms with Gasteiger partial charge in [0.15, 0.2) is 0 Å². The van der Waals surface area contributed by atoms with Gasteiger partial charge < -0.3 is 0 Å². The number of phosphoric acid groups is 1. The average Bonchev–Trinajstić information content (AvgIpc) is 2.49. The van der Waals surface area contributed by atoms with Crippen LogP contribution in [0, 0.1) is 0 Å². The molecule has 0 aromatic carbocycles. The molecule has 1 amide bonds. The molecule has 0 aliphatic heterocycles. The van der Waals surface area contributed by atoms with Crippen LogP contribution in [-0.2, 0) is 27.3 Å². The summed E-state index contributed by atoms with van der Waals surface area (Å²) in [4.78, 5) is 31.4. The third-order valence-electron chi connectivity index (χ3n) is 3.66. The molecule has 0 spiro atoms. The molecule has 0 fully saturated rings. The summed E-state index contributed by atoms with van der Waals surface area (Å²) in [6, 6.07) is 0.265. The van der Waals surface area contributed by atoms with Gasteiger partial charge in [-0.1, -0.05) is 0 Å².